The van der Waals surface area contributed by atoms with Gasteiger partial charge < -0.3 is 5.73 Å². The van der Waals surface area contributed by atoms with Crippen LogP contribution in [0.1, 0.15) is 45.4 Å². The average molecular weight is 248 g/mol. The summed E-state index contributed by atoms with van der Waals surface area (Å²) in [5, 5.41) is 0. The molecule has 0 aromatic heterocycles. The van der Waals surface area contributed by atoms with E-state index in [1.54, 1.807) is 0 Å². The molecule has 5 heteroatoms. The predicted molar refractivity (Wildman–Crippen MR) is 66.6 cm³/mol. The zero-order valence-electron chi connectivity index (χ0n) is 10.1. The van der Waals surface area contributed by atoms with Crippen molar-refractivity contribution in [2.24, 2.45) is 11.7 Å². The first kappa shape index (κ1) is 13.9. The summed E-state index contributed by atoms with van der Waals surface area (Å²) < 4.78 is 25.8. The number of hydrogen-bond donors (Lipinski definition) is 2. The van der Waals surface area contributed by atoms with Crippen molar-refractivity contribution in [2.45, 2.75) is 51.5 Å². The lowest BCUT2D eigenvalue weighted by Gasteiger charge is -2.26. The van der Waals surface area contributed by atoms with Crippen LogP contribution in [-0.2, 0) is 10.0 Å². The van der Waals surface area contributed by atoms with E-state index in [0.717, 1.165) is 38.5 Å². The van der Waals surface area contributed by atoms with Gasteiger partial charge >= 0.3 is 0 Å². The summed E-state index contributed by atoms with van der Waals surface area (Å²) in [5.74, 6) is 0.742. The number of hydrogen-bond acceptors (Lipinski definition) is 3. The van der Waals surface area contributed by atoms with E-state index in [1.807, 2.05) is 6.92 Å². The van der Waals surface area contributed by atoms with Gasteiger partial charge in [0.2, 0.25) is 10.0 Å². The van der Waals surface area contributed by atoms with Crippen molar-refractivity contribution in [3.63, 3.8) is 0 Å². The van der Waals surface area contributed by atoms with Gasteiger partial charge in [0.15, 0.2) is 0 Å². The molecule has 0 aliphatic heterocycles. The average Bonchev–Trinajstić information content (AvgIpc) is 2.26. The van der Waals surface area contributed by atoms with Crippen LogP contribution in [0.15, 0.2) is 0 Å². The van der Waals surface area contributed by atoms with E-state index < -0.39 is 10.0 Å². The maximum absolute atomic E-state index is 11.6. The molecule has 16 heavy (non-hydrogen) atoms. The van der Waals surface area contributed by atoms with Gasteiger partial charge in [0.1, 0.15) is 0 Å². The standard InChI is InChI=1S/C11H24N2O2S/c1-2-3-8-16(14,15)13-9-10-4-6-11(12)7-5-10/h10-11,13H,2-9,12H2,1H3/t10-,11-. The van der Waals surface area contributed by atoms with Crippen molar-refractivity contribution in [1.82, 2.24) is 4.72 Å². The summed E-state index contributed by atoms with van der Waals surface area (Å²) in [6.45, 7) is 2.59. The Kier molecular flexibility index (Phi) is 5.72. The molecule has 0 radical (unpaired) electrons. The van der Waals surface area contributed by atoms with Gasteiger partial charge in [-0.3, -0.25) is 0 Å². The molecule has 96 valence electrons. The van der Waals surface area contributed by atoms with Crippen LogP contribution >= 0.6 is 0 Å². The quantitative estimate of drug-likeness (QED) is 0.742. The number of nitrogens with two attached hydrogens (primary N) is 1. The molecular formula is C11H24N2O2S. The molecular weight excluding hydrogens is 224 g/mol. The maximum atomic E-state index is 11.6. The van der Waals surface area contributed by atoms with Crippen molar-refractivity contribution in [1.29, 1.82) is 0 Å². The minimum Gasteiger partial charge on any atom is -0.328 e. The maximum Gasteiger partial charge on any atom is 0.211 e. The highest BCUT2D eigenvalue weighted by Crippen LogP contribution is 2.22. The summed E-state index contributed by atoms with van der Waals surface area (Å²) in [6.07, 6.45) is 5.82. The summed E-state index contributed by atoms with van der Waals surface area (Å²) in [6, 6.07) is 0.327. The smallest absolute Gasteiger partial charge is 0.211 e. The molecule has 1 aliphatic rings. The Morgan fingerprint density at radius 2 is 1.88 bits per heavy atom. The largest absolute Gasteiger partial charge is 0.328 e. The molecule has 1 saturated carbocycles. The minimum atomic E-state index is -3.04. The lowest BCUT2D eigenvalue weighted by Crippen LogP contribution is -2.35. The van der Waals surface area contributed by atoms with E-state index >= 15 is 0 Å². The van der Waals surface area contributed by atoms with Crippen LogP contribution in [0.5, 0.6) is 0 Å². The molecule has 4 nitrogen and oxygen atoms in total. The Hall–Kier alpha value is -0.130. The molecule has 0 aromatic rings. The second-order valence-electron chi connectivity index (χ2n) is 4.80. The van der Waals surface area contributed by atoms with Gasteiger partial charge in [0.25, 0.3) is 0 Å². The highest BCUT2D eigenvalue weighted by molar-refractivity contribution is 7.89. The second kappa shape index (κ2) is 6.57. The molecule has 1 fully saturated rings. The van der Waals surface area contributed by atoms with Crippen molar-refractivity contribution in [2.75, 3.05) is 12.3 Å². The molecule has 0 heterocycles. The molecule has 0 saturated heterocycles. The molecule has 1 rings (SSSR count). The van der Waals surface area contributed by atoms with Gasteiger partial charge in [0, 0.05) is 12.6 Å². The Morgan fingerprint density at radius 3 is 2.44 bits per heavy atom. The first-order valence-electron chi connectivity index (χ1n) is 6.26. The third-order valence-electron chi connectivity index (χ3n) is 3.25. The highest BCUT2D eigenvalue weighted by Gasteiger charge is 2.20. The van der Waals surface area contributed by atoms with E-state index in [1.165, 1.54) is 0 Å². The Labute approximate surface area is 99.0 Å². The summed E-state index contributed by atoms with van der Waals surface area (Å²) in [5.41, 5.74) is 5.81. The number of sulfonamides is 1. The van der Waals surface area contributed by atoms with E-state index in [4.69, 9.17) is 5.73 Å². The van der Waals surface area contributed by atoms with Crippen LogP contribution in [0.25, 0.3) is 0 Å². The molecule has 0 atom stereocenters. The van der Waals surface area contributed by atoms with Crippen molar-refractivity contribution in [3.8, 4) is 0 Å². The van der Waals surface area contributed by atoms with E-state index in [9.17, 15) is 8.42 Å². The topological polar surface area (TPSA) is 72.2 Å². The van der Waals surface area contributed by atoms with Crippen molar-refractivity contribution >= 4 is 10.0 Å². The predicted octanol–water partition coefficient (Wildman–Crippen LogP) is 1.22. The number of unbranched alkanes of at least 4 members (excludes halogenated alkanes) is 1. The van der Waals surface area contributed by atoms with Gasteiger partial charge in [-0.1, -0.05) is 13.3 Å². The summed E-state index contributed by atoms with van der Waals surface area (Å²) in [7, 11) is -3.04. The van der Waals surface area contributed by atoms with Crippen LogP contribution in [0.2, 0.25) is 0 Å². The fraction of sp³-hybridized carbons (Fsp3) is 1.00. The number of nitrogens with one attached hydrogen (secondary N) is 1. The molecule has 3 N–H and O–H groups in total. The van der Waals surface area contributed by atoms with Gasteiger partial charge in [-0.25, -0.2) is 13.1 Å². The lowest BCUT2D eigenvalue weighted by atomic mass is 9.87. The third kappa shape index (κ3) is 5.27. The lowest BCUT2D eigenvalue weighted by molar-refractivity contribution is 0.326. The Morgan fingerprint density at radius 1 is 1.25 bits per heavy atom. The molecule has 1 aliphatic carbocycles. The molecule has 0 spiro atoms. The van der Waals surface area contributed by atoms with Crippen LogP contribution in [0, 0.1) is 5.92 Å². The van der Waals surface area contributed by atoms with Gasteiger partial charge in [-0.05, 0) is 38.0 Å². The van der Waals surface area contributed by atoms with Gasteiger partial charge in [0.05, 0.1) is 5.75 Å². The third-order valence-corrected chi connectivity index (χ3v) is 4.68. The van der Waals surface area contributed by atoms with Crippen LogP contribution in [0.4, 0.5) is 0 Å². The normalized spacial score (nSPS) is 26.9. The van der Waals surface area contributed by atoms with Gasteiger partial charge in [-0.2, -0.15) is 0 Å². The van der Waals surface area contributed by atoms with Gasteiger partial charge in [-0.15, -0.1) is 0 Å². The molecule has 0 unspecified atom stereocenters. The minimum absolute atomic E-state index is 0.260. The molecule has 0 aromatic carbocycles. The van der Waals surface area contributed by atoms with Crippen molar-refractivity contribution < 1.29 is 8.42 Å². The molecule has 0 bridgehead atoms. The van der Waals surface area contributed by atoms with E-state index in [0.29, 0.717) is 18.5 Å². The zero-order chi connectivity index (χ0) is 12.0. The first-order chi connectivity index (χ1) is 7.53. The van der Waals surface area contributed by atoms with E-state index in [2.05, 4.69) is 4.72 Å². The second-order valence-corrected chi connectivity index (χ2v) is 6.73. The SMILES string of the molecule is CCCCS(=O)(=O)NC[C@H]1CC[C@H](N)CC1. The number of rotatable bonds is 6. The monoisotopic (exact) mass is 248 g/mol. The van der Waals surface area contributed by atoms with E-state index in [-0.39, 0.29) is 5.75 Å². The fourth-order valence-corrected chi connectivity index (χ4v) is 3.35. The van der Waals surface area contributed by atoms with Crippen LogP contribution in [-0.4, -0.2) is 26.8 Å². The summed E-state index contributed by atoms with van der Waals surface area (Å²) >= 11 is 0. The molecule has 0 amide bonds. The first-order valence-corrected chi connectivity index (χ1v) is 7.91. The van der Waals surface area contributed by atoms with Crippen LogP contribution in [0.3, 0.4) is 0 Å². The van der Waals surface area contributed by atoms with Crippen LogP contribution < -0.4 is 10.5 Å². The summed E-state index contributed by atoms with van der Waals surface area (Å²) in [4.78, 5) is 0. The highest BCUT2D eigenvalue weighted by atomic mass is 32.2. The Balaban J connectivity index is 2.23. The fourth-order valence-electron chi connectivity index (χ4n) is 2.04. The van der Waals surface area contributed by atoms with Crippen molar-refractivity contribution in [3.05, 3.63) is 0 Å². The zero-order valence-corrected chi connectivity index (χ0v) is 10.9. The Bertz CT molecular complexity index is 282.